The van der Waals surface area contributed by atoms with Gasteiger partial charge in [0.25, 0.3) is 0 Å². The van der Waals surface area contributed by atoms with Gasteiger partial charge in [-0.15, -0.1) is 0 Å². The number of rotatable bonds is 7. The number of carbonyl (C=O) groups excluding carboxylic acids is 1. The quantitative estimate of drug-likeness (QED) is 0.780. The molecule has 1 saturated heterocycles. The van der Waals surface area contributed by atoms with Crippen molar-refractivity contribution < 1.29 is 14.3 Å². The first-order valence-corrected chi connectivity index (χ1v) is 8.98. The van der Waals surface area contributed by atoms with Gasteiger partial charge in [-0.05, 0) is 74.2 Å². The maximum atomic E-state index is 11.2. The van der Waals surface area contributed by atoms with Crippen LogP contribution in [0.4, 0.5) is 0 Å². The van der Waals surface area contributed by atoms with Crippen molar-refractivity contribution in [3.63, 3.8) is 0 Å². The van der Waals surface area contributed by atoms with E-state index in [0.717, 1.165) is 48.5 Å². The molecule has 0 amide bonds. The number of aldehydes is 1. The lowest BCUT2D eigenvalue weighted by molar-refractivity contribution is -0.109. The van der Waals surface area contributed by atoms with Gasteiger partial charge in [0.15, 0.2) is 0 Å². The predicted octanol–water partition coefficient (Wildman–Crippen LogP) is 3.84. The first-order chi connectivity index (χ1) is 12.3. The van der Waals surface area contributed by atoms with E-state index >= 15 is 0 Å². The first-order valence-electron chi connectivity index (χ1n) is 8.98. The van der Waals surface area contributed by atoms with Crippen molar-refractivity contribution in [2.45, 2.75) is 37.1 Å². The Labute approximate surface area is 148 Å². The number of carbonyl (C=O) groups is 1. The van der Waals surface area contributed by atoms with Crippen LogP contribution in [0.5, 0.6) is 17.2 Å². The minimum atomic E-state index is -0.230. The van der Waals surface area contributed by atoms with Gasteiger partial charge in [0.05, 0.1) is 5.41 Å². The van der Waals surface area contributed by atoms with Crippen LogP contribution in [0.15, 0.2) is 48.5 Å². The molecule has 2 fully saturated rings. The summed E-state index contributed by atoms with van der Waals surface area (Å²) < 4.78 is 11.7. The largest absolute Gasteiger partial charge is 0.492 e. The van der Waals surface area contributed by atoms with Crippen LogP contribution in [0.25, 0.3) is 0 Å². The summed E-state index contributed by atoms with van der Waals surface area (Å²) in [5, 5.41) is 3.42. The standard InChI is InChI=1S/C21H23NO3/c23-15-21(11-12-21)16-3-5-19(6-4-16)25-20-9-7-18(8-10-20)24-14-17-2-1-13-22-17/h3-10,15,17,22H,1-2,11-14H2. The molecule has 1 aliphatic heterocycles. The van der Waals surface area contributed by atoms with E-state index < -0.39 is 0 Å². The summed E-state index contributed by atoms with van der Waals surface area (Å²) in [7, 11) is 0. The third-order valence-corrected chi connectivity index (χ3v) is 5.12. The molecule has 1 N–H and O–H groups in total. The molecular weight excluding hydrogens is 314 g/mol. The summed E-state index contributed by atoms with van der Waals surface area (Å²) in [6.07, 6.45) is 5.39. The number of hydrogen-bond donors (Lipinski definition) is 1. The molecule has 4 nitrogen and oxygen atoms in total. The Morgan fingerprint density at radius 3 is 2.20 bits per heavy atom. The summed E-state index contributed by atoms with van der Waals surface area (Å²) in [5.74, 6) is 2.41. The van der Waals surface area contributed by atoms with E-state index in [0.29, 0.717) is 12.6 Å². The van der Waals surface area contributed by atoms with E-state index in [4.69, 9.17) is 9.47 Å². The fourth-order valence-corrected chi connectivity index (χ4v) is 3.30. The van der Waals surface area contributed by atoms with Crippen molar-refractivity contribution >= 4 is 6.29 Å². The molecule has 1 atom stereocenters. The number of ether oxygens (including phenoxy) is 2. The van der Waals surface area contributed by atoms with Crippen LogP contribution in [0.2, 0.25) is 0 Å². The van der Waals surface area contributed by atoms with Crippen molar-refractivity contribution in [2.75, 3.05) is 13.2 Å². The first kappa shape index (κ1) is 16.2. The second-order valence-electron chi connectivity index (χ2n) is 6.98. The molecule has 4 rings (SSSR count). The van der Waals surface area contributed by atoms with Crippen molar-refractivity contribution in [1.29, 1.82) is 0 Å². The Kier molecular flexibility index (Phi) is 4.45. The summed E-state index contributed by atoms with van der Waals surface area (Å²) in [4.78, 5) is 11.2. The topological polar surface area (TPSA) is 47.6 Å². The van der Waals surface area contributed by atoms with Gasteiger partial charge in [-0.1, -0.05) is 12.1 Å². The van der Waals surface area contributed by atoms with Gasteiger partial charge in [0.2, 0.25) is 0 Å². The van der Waals surface area contributed by atoms with Crippen LogP contribution in [0.1, 0.15) is 31.2 Å². The zero-order valence-electron chi connectivity index (χ0n) is 14.2. The molecule has 1 aliphatic carbocycles. The number of benzene rings is 2. The highest BCUT2D eigenvalue weighted by molar-refractivity contribution is 5.73. The highest BCUT2D eigenvalue weighted by Gasteiger charge is 2.44. The molecule has 2 aromatic rings. The van der Waals surface area contributed by atoms with Crippen LogP contribution in [-0.4, -0.2) is 25.5 Å². The van der Waals surface area contributed by atoms with Gasteiger partial charge in [0.1, 0.15) is 30.1 Å². The summed E-state index contributed by atoms with van der Waals surface area (Å²) in [5.41, 5.74) is 0.852. The average molecular weight is 337 g/mol. The van der Waals surface area contributed by atoms with E-state index in [1.165, 1.54) is 12.8 Å². The Morgan fingerprint density at radius 1 is 1.00 bits per heavy atom. The van der Waals surface area contributed by atoms with Crippen LogP contribution in [0.3, 0.4) is 0 Å². The molecular formula is C21H23NO3. The van der Waals surface area contributed by atoms with Gasteiger partial charge in [-0.25, -0.2) is 0 Å². The van der Waals surface area contributed by atoms with Gasteiger partial charge in [0, 0.05) is 6.04 Å². The maximum Gasteiger partial charge on any atom is 0.130 e. The molecule has 0 radical (unpaired) electrons. The van der Waals surface area contributed by atoms with E-state index in [-0.39, 0.29) is 5.41 Å². The SMILES string of the molecule is O=CC1(c2ccc(Oc3ccc(OCC4CCCN4)cc3)cc2)CC1. The minimum absolute atomic E-state index is 0.230. The van der Waals surface area contributed by atoms with Crippen molar-refractivity contribution in [1.82, 2.24) is 5.32 Å². The van der Waals surface area contributed by atoms with Crippen molar-refractivity contribution in [2.24, 2.45) is 0 Å². The van der Waals surface area contributed by atoms with Crippen molar-refractivity contribution in [3.05, 3.63) is 54.1 Å². The smallest absolute Gasteiger partial charge is 0.130 e. The van der Waals surface area contributed by atoms with Gasteiger partial charge < -0.3 is 19.6 Å². The average Bonchev–Trinajstić information content (AvgIpc) is 3.29. The summed E-state index contributed by atoms with van der Waals surface area (Å²) in [6.45, 7) is 1.80. The maximum absolute atomic E-state index is 11.2. The molecule has 1 saturated carbocycles. The molecule has 0 spiro atoms. The Bertz CT molecular complexity index is 714. The summed E-state index contributed by atoms with van der Waals surface area (Å²) >= 11 is 0. The van der Waals surface area contributed by atoms with E-state index in [2.05, 4.69) is 5.32 Å². The fourth-order valence-electron chi connectivity index (χ4n) is 3.30. The normalized spacial score (nSPS) is 20.9. The molecule has 0 bridgehead atoms. The third-order valence-electron chi connectivity index (χ3n) is 5.12. The zero-order valence-corrected chi connectivity index (χ0v) is 14.2. The van der Waals surface area contributed by atoms with Gasteiger partial charge >= 0.3 is 0 Å². The van der Waals surface area contributed by atoms with Gasteiger partial charge in [-0.2, -0.15) is 0 Å². The van der Waals surface area contributed by atoms with Crippen LogP contribution in [-0.2, 0) is 10.2 Å². The molecule has 0 aromatic heterocycles. The van der Waals surface area contributed by atoms with Crippen LogP contribution < -0.4 is 14.8 Å². The lowest BCUT2D eigenvalue weighted by atomic mass is 9.98. The zero-order chi connectivity index (χ0) is 17.1. The Balaban J connectivity index is 1.33. The van der Waals surface area contributed by atoms with E-state index in [9.17, 15) is 4.79 Å². The Morgan fingerprint density at radius 2 is 1.64 bits per heavy atom. The lowest BCUT2D eigenvalue weighted by Crippen LogP contribution is -2.28. The molecule has 4 heteroatoms. The van der Waals surface area contributed by atoms with E-state index in [1.807, 2.05) is 48.5 Å². The predicted molar refractivity (Wildman–Crippen MR) is 96.5 cm³/mol. The highest BCUT2D eigenvalue weighted by atomic mass is 16.5. The lowest BCUT2D eigenvalue weighted by Gasteiger charge is -2.13. The molecule has 2 aliphatic rings. The van der Waals surface area contributed by atoms with E-state index in [1.54, 1.807) is 0 Å². The van der Waals surface area contributed by atoms with Crippen LogP contribution >= 0.6 is 0 Å². The fraction of sp³-hybridized carbons (Fsp3) is 0.381. The second-order valence-corrected chi connectivity index (χ2v) is 6.98. The van der Waals surface area contributed by atoms with Crippen molar-refractivity contribution in [3.8, 4) is 17.2 Å². The number of nitrogens with one attached hydrogen (secondary N) is 1. The molecule has 25 heavy (non-hydrogen) atoms. The Hall–Kier alpha value is -2.33. The summed E-state index contributed by atoms with van der Waals surface area (Å²) in [6, 6.07) is 16.0. The van der Waals surface area contributed by atoms with Gasteiger partial charge in [-0.3, -0.25) is 0 Å². The molecule has 130 valence electrons. The third kappa shape index (κ3) is 3.69. The number of hydrogen-bond acceptors (Lipinski definition) is 4. The molecule has 1 heterocycles. The molecule has 2 aromatic carbocycles. The monoisotopic (exact) mass is 337 g/mol. The minimum Gasteiger partial charge on any atom is -0.492 e. The highest BCUT2D eigenvalue weighted by Crippen LogP contribution is 2.46. The second kappa shape index (κ2) is 6.89. The molecule has 1 unspecified atom stereocenters. The van der Waals surface area contributed by atoms with Crippen LogP contribution in [0, 0.1) is 0 Å².